The zero-order valence-electron chi connectivity index (χ0n) is 14.7. The van der Waals surface area contributed by atoms with E-state index in [0.717, 1.165) is 64.0 Å². The topological polar surface area (TPSA) is 59.0 Å². The summed E-state index contributed by atoms with van der Waals surface area (Å²) in [5.41, 5.74) is 3.31. The van der Waals surface area contributed by atoms with Gasteiger partial charge in [0.25, 0.3) is 5.91 Å². The van der Waals surface area contributed by atoms with Crippen LogP contribution in [-0.2, 0) is 22.5 Å². The summed E-state index contributed by atoms with van der Waals surface area (Å²) in [6, 6.07) is 5.89. The molecule has 1 aromatic rings. The Hall–Kier alpha value is -1.43. The standard InChI is InChI=1S/C20H27NO4/c22-12-18-3-5-20(6-9-24-10-7-20)14-21(18)19(23)16-1-2-17-13-25-8-4-15(17)11-16/h1-2,11,18,22H,3-10,12-14H2. The van der Waals surface area contributed by atoms with E-state index in [0.29, 0.717) is 6.61 Å². The van der Waals surface area contributed by atoms with Gasteiger partial charge in [0.05, 0.1) is 25.9 Å². The van der Waals surface area contributed by atoms with Crippen molar-refractivity contribution in [2.24, 2.45) is 5.41 Å². The summed E-state index contributed by atoms with van der Waals surface area (Å²) in [5.74, 6) is 0.0545. The number of amides is 1. The molecular formula is C20H27NO4. The monoisotopic (exact) mass is 345 g/mol. The van der Waals surface area contributed by atoms with Crippen LogP contribution >= 0.6 is 0 Å². The highest BCUT2D eigenvalue weighted by Gasteiger charge is 2.42. The Kier molecular flexibility index (Phi) is 4.80. The number of nitrogens with zero attached hydrogens (tertiary/aromatic N) is 1. The van der Waals surface area contributed by atoms with E-state index in [1.165, 1.54) is 11.1 Å². The zero-order chi connectivity index (χ0) is 17.3. The van der Waals surface area contributed by atoms with Crippen LogP contribution in [0.2, 0.25) is 0 Å². The molecule has 136 valence electrons. The molecular weight excluding hydrogens is 318 g/mol. The molecule has 0 saturated carbocycles. The van der Waals surface area contributed by atoms with Crippen LogP contribution < -0.4 is 0 Å². The molecule has 3 heterocycles. The third-order valence-electron chi connectivity index (χ3n) is 6.21. The molecule has 3 aliphatic rings. The second-order valence-electron chi connectivity index (χ2n) is 7.71. The lowest BCUT2D eigenvalue weighted by molar-refractivity contribution is -0.0435. The maximum absolute atomic E-state index is 13.2. The van der Waals surface area contributed by atoms with Crippen molar-refractivity contribution in [1.29, 1.82) is 0 Å². The third-order valence-corrected chi connectivity index (χ3v) is 6.21. The van der Waals surface area contributed by atoms with Gasteiger partial charge in [0.15, 0.2) is 0 Å². The fourth-order valence-corrected chi connectivity index (χ4v) is 4.50. The molecule has 1 aromatic carbocycles. The van der Waals surface area contributed by atoms with Crippen molar-refractivity contribution in [1.82, 2.24) is 4.90 Å². The van der Waals surface area contributed by atoms with Crippen molar-refractivity contribution in [3.63, 3.8) is 0 Å². The zero-order valence-corrected chi connectivity index (χ0v) is 14.7. The molecule has 5 heteroatoms. The van der Waals surface area contributed by atoms with Gasteiger partial charge in [0.2, 0.25) is 0 Å². The van der Waals surface area contributed by atoms with Crippen LogP contribution in [0.1, 0.15) is 47.2 Å². The van der Waals surface area contributed by atoms with Crippen molar-refractivity contribution in [3.8, 4) is 0 Å². The van der Waals surface area contributed by atoms with Crippen molar-refractivity contribution < 1.29 is 19.4 Å². The smallest absolute Gasteiger partial charge is 0.254 e. The van der Waals surface area contributed by atoms with Gasteiger partial charge in [0.1, 0.15) is 0 Å². The Morgan fingerprint density at radius 1 is 1.16 bits per heavy atom. The van der Waals surface area contributed by atoms with Gasteiger partial charge in [-0.2, -0.15) is 0 Å². The maximum atomic E-state index is 13.2. The van der Waals surface area contributed by atoms with Gasteiger partial charge in [-0.25, -0.2) is 0 Å². The molecule has 0 radical (unpaired) electrons. The first-order valence-electron chi connectivity index (χ1n) is 9.40. The van der Waals surface area contributed by atoms with E-state index < -0.39 is 0 Å². The average molecular weight is 345 g/mol. The molecule has 0 bridgehead atoms. The lowest BCUT2D eigenvalue weighted by Crippen LogP contribution is -2.54. The van der Waals surface area contributed by atoms with Crippen LogP contribution in [0.15, 0.2) is 18.2 Å². The summed E-state index contributed by atoms with van der Waals surface area (Å²) in [6.07, 6.45) is 4.84. The fourth-order valence-electron chi connectivity index (χ4n) is 4.50. The average Bonchev–Trinajstić information content (AvgIpc) is 2.67. The summed E-state index contributed by atoms with van der Waals surface area (Å²) in [4.78, 5) is 15.2. The van der Waals surface area contributed by atoms with Gasteiger partial charge in [0, 0.05) is 25.3 Å². The lowest BCUT2D eigenvalue weighted by atomic mass is 9.72. The van der Waals surface area contributed by atoms with Crippen LogP contribution in [0, 0.1) is 5.41 Å². The van der Waals surface area contributed by atoms with Gasteiger partial charge >= 0.3 is 0 Å². The number of benzene rings is 1. The quantitative estimate of drug-likeness (QED) is 0.892. The van der Waals surface area contributed by atoms with Gasteiger partial charge in [-0.3, -0.25) is 4.79 Å². The van der Waals surface area contributed by atoms with Crippen LogP contribution in [0.5, 0.6) is 0 Å². The molecule has 2 fully saturated rings. The van der Waals surface area contributed by atoms with E-state index >= 15 is 0 Å². The Morgan fingerprint density at radius 3 is 2.80 bits per heavy atom. The first-order valence-corrected chi connectivity index (χ1v) is 9.40. The summed E-state index contributed by atoms with van der Waals surface area (Å²) < 4.78 is 11.0. The molecule has 5 nitrogen and oxygen atoms in total. The summed E-state index contributed by atoms with van der Waals surface area (Å²) >= 11 is 0. The molecule has 25 heavy (non-hydrogen) atoms. The number of hydrogen-bond donors (Lipinski definition) is 1. The predicted octanol–water partition coefficient (Wildman–Crippen LogP) is 2.15. The number of carbonyl (C=O) groups is 1. The highest BCUT2D eigenvalue weighted by molar-refractivity contribution is 5.95. The minimum Gasteiger partial charge on any atom is -0.394 e. The Labute approximate surface area is 148 Å². The van der Waals surface area contributed by atoms with Crippen LogP contribution in [0.25, 0.3) is 0 Å². The number of fused-ring (bicyclic) bond motifs is 1. The number of aliphatic hydroxyl groups excluding tert-OH is 1. The lowest BCUT2D eigenvalue weighted by Gasteiger charge is -2.48. The molecule has 0 aromatic heterocycles. The Bertz CT molecular complexity index is 639. The van der Waals surface area contributed by atoms with E-state index in [2.05, 4.69) is 0 Å². The molecule has 0 aliphatic carbocycles. The van der Waals surface area contributed by atoms with Gasteiger partial charge < -0.3 is 19.5 Å². The third kappa shape index (κ3) is 3.33. The van der Waals surface area contributed by atoms with Gasteiger partial charge in [-0.15, -0.1) is 0 Å². The normalized spacial score (nSPS) is 25.6. The summed E-state index contributed by atoms with van der Waals surface area (Å²) in [5, 5.41) is 9.80. The second kappa shape index (κ2) is 7.06. The maximum Gasteiger partial charge on any atom is 0.254 e. The molecule has 1 atom stereocenters. The molecule has 2 saturated heterocycles. The Balaban J connectivity index is 1.57. The van der Waals surface area contributed by atoms with Crippen molar-refractivity contribution in [2.75, 3.05) is 33.0 Å². The van der Waals surface area contributed by atoms with E-state index in [9.17, 15) is 9.90 Å². The predicted molar refractivity (Wildman–Crippen MR) is 93.4 cm³/mol. The molecule has 4 rings (SSSR count). The van der Waals surface area contributed by atoms with Crippen molar-refractivity contribution in [2.45, 2.75) is 44.8 Å². The van der Waals surface area contributed by atoms with Crippen molar-refractivity contribution >= 4 is 5.91 Å². The summed E-state index contributed by atoms with van der Waals surface area (Å²) in [7, 11) is 0. The number of piperidine rings is 1. The number of aliphatic hydroxyl groups is 1. The molecule has 3 aliphatic heterocycles. The minimum absolute atomic E-state index is 0.0388. The highest BCUT2D eigenvalue weighted by atomic mass is 16.5. The highest BCUT2D eigenvalue weighted by Crippen LogP contribution is 2.41. The molecule has 1 N–H and O–H groups in total. The van der Waals surface area contributed by atoms with E-state index in [1.54, 1.807) is 0 Å². The number of likely N-dealkylation sites (tertiary alicyclic amines) is 1. The van der Waals surface area contributed by atoms with Gasteiger partial charge in [-0.05, 0) is 60.8 Å². The van der Waals surface area contributed by atoms with E-state index in [4.69, 9.17) is 9.47 Å². The SMILES string of the molecule is O=C(c1ccc2c(c1)CCOC2)N1CC2(CCOCC2)CCC1CO. The fraction of sp³-hybridized carbons (Fsp3) is 0.650. The molecule has 1 unspecified atom stereocenters. The largest absolute Gasteiger partial charge is 0.394 e. The number of ether oxygens (including phenoxy) is 2. The minimum atomic E-state index is -0.0691. The van der Waals surface area contributed by atoms with Crippen LogP contribution in [-0.4, -0.2) is 54.9 Å². The van der Waals surface area contributed by atoms with E-state index in [1.807, 2.05) is 23.1 Å². The van der Waals surface area contributed by atoms with Crippen molar-refractivity contribution in [3.05, 3.63) is 34.9 Å². The van der Waals surface area contributed by atoms with Crippen LogP contribution in [0.3, 0.4) is 0 Å². The molecule has 1 spiro atoms. The number of rotatable bonds is 2. The first-order chi connectivity index (χ1) is 12.2. The van der Waals surface area contributed by atoms with Gasteiger partial charge in [-0.1, -0.05) is 6.07 Å². The molecule has 1 amide bonds. The number of carbonyl (C=O) groups excluding carboxylic acids is 1. The van der Waals surface area contributed by atoms with E-state index in [-0.39, 0.29) is 24.0 Å². The first kappa shape index (κ1) is 17.0. The number of hydrogen-bond acceptors (Lipinski definition) is 4. The Morgan fingerprint density at radius 2 is 2.00 bits per heavy atom. The second-order valence-corrected chi connectivity index (χ2v) is 7.71. The summed E-state index contributed by atoms with van der Waals surface area (Å²) in [6.45, 7) is 3.69. The van der Waals surface area contributed by atoms with Crippen LogP contribution in [0.4, 0.5) is 0 Å².